The third-order valence-electron chi connectivity index (χ3n) is 6.27. The van der Waals surface area contributed by atoms with E-state index in [1.54, 1.807) is 13.8 Å². The maximum absolute atomic E-state index is 13.2. The lowest BCUT2D eigenvalue weighted by atomic mass is 9.92. The van der Waals surface area contributed by atoms with Crippen molar-refractivity contribution in [3.63, 3.8) is 0 Å². The fourth-order valence-electron chi connectivity index (χ4n) is 4.50. The number of aryl methyl sites for hydroxylation is 2. The maximum Gasteiger partial charge on any atom is 0.573 e. The Hall–Kier alpha value is -2.67. The third kappa shape index (κ3) is 6.43. The number of hydrogen-bond acceptors (Lipinski definition) is 7. The van der Waals surface area contributed by atoms with Gasteiger partial charge in [-0.05, 0) is 57.0 Å². The Morgan fingerprint density at radius 2 is 1.92 bits per heavy atom. The van der Waals surface area contributed by atoms with Crippen LogP contribution >= 0.6 is 11.3 Å². The van der Waals surface area contributed by atoms with Gasteiger partial charge in [0, 0.05) is 36.1 Å². The van der Waals surface area contributed by atoms with Crippen molar-refractivity contribution in [3.8, 4) is 5.75 Å². The highest BCUT2D eigenvalue weighted by Gasteiger charge is 2.33. The molecule has 12 heteroatoms. The second-order valence-electron chi connectivity index (χ2n) is 8.88. The van der Waals surface area contributed by atoms with Crippen molar-refractivity contribution >= 4 is 27.0 Å². The summed E-state index contributed by atoms with van der Waals surface area (Å²) in [5, 5.41) is 7.40. The van der Waals surface area contributed by atoms with Gasteiger partial charge in [-0.1, -0.05) is 30.3 Å². The summed E-state index contributed by atoms with van der Waals surface area (Å²) < 4.78 is 71.2. The largest absolute Gasteiger partial charge is 0.573 e. The lowest BCUT2D eigenvalue weighted by Gasteiger charge is -2.34. The first-order chi connectivity index (χ1) is 17.5. The monoisotopic (exact) mass is 554 g/mol. The van der Waals surface area contributed by atoms with Gasteiger partial charge in [0.15, 0.2) is 5.03 Å². The molecule has 200 valence electrons. The van der Waals surface area contributed by atoms with E-state index in [0.29, 0.717) is 9.88 Å². The van der Waals surface area contributed by atoms with Gasteiger partial charge in [0.1, 0.15) is 5.75 Å². The zero-order chi connectivity index (χ0) is 26.8. The SMILES string of the molecule is Cc1nc(S(=O)(=O)N(C)c2ccc(OC(F)(F)F)c(CN[C@H]3CCCN[C@H]3c3ccccc3)c2)c(C)s1. The Morgan fingerprint density at radius 3 is 2.57 bits per heavy atom. The molecular weight excluding hydrogens is 525 g/mol. The van der Waals surface area contributed by atoms with Crippen LogP contribution in [0.4, 0.5) is 18.9 Å². The standard InChI is InChI=1S/C25H29F3N4O3S2/c1-16-24(31-17(2)36-16)37(33,34)32(3)20-11-12-22(35-25(26,27)28)19(14-20)15-30-21-10-7-13-29-23(21)18-8-5-4-6-9-18/h4-6,8-9,11-12,14,21,23,29-30H,7,10,13,15H2,1-3H3/t21-,23-/m0/s1. The lowest BCUT2D eigenvalue weighted by Crippen LogP contribution is -2.45. The minimum atomic E-state index is -4.89. The van der Waals surface area contributed by atoms with Gasteiger partial charge in [-0.15, -0.1) is 24.5 Å². The van der Waals surface area contributed by atoms with Crippen LogP contribution in [0.15, 0.2) is 53.6 Å². The predicted octanol–water partition coefficient (Wildman–Crippen LogP) is 5.07. The number of piperidine rings is 1. The van der Waals surface area contributed by atoms with E-state index >= 15 is 0 Å². The lowest BCUT2D eigenvalue weighted by molar-refractivity contribution is -0.274. The van der Waals surface area contributed by atoms with Gasteiger partial charge in [0.25, 0.3) is 10.0 Å². The smallest absolute Gasteiger partial charge is 0.405 e. The third-order valence-corrected chi connectivity index (χ3v) is 9.10. The molecule has 1 saturated heterocycles. The van der Waals surface area contributed by atoms with E-state index in [-0.39, 0.29) is 40.7 Å². The highest BCUT2D eigenvalue weighted by Crippen LogP contribution is 2.33. The van der Waals surface area contributed by atoms with Crippen LogP contribution in [0.1, 0.15) is 39.9 Å². The number of rotatable bonds is 8. The number of thiazole rings is 1. The molecule has 7 nitrogen and oxygen atoms in total. The molecule has 0 amide bonds. The van der Waals surface area contributed by atoms with Gasteiger partial charge in [-0.3, -0.25) is 4.31 Å². The average Bonchev–Trinajstić information content (AvgIpc) is 3.21. The molecule has 3 aromatic rings. The van der Waals surface area contributed by atoms with Crippen molar-refractivity contribution in [1.29, 1.82) is 0 Å². The van der Waals surface area contributed by atoms with Gasteiger partial charge < -0.3 is 15.4 Å². The van der Waals surface area contributed by atoms with Gasteiger partial charge in [-0.2, -0.15) is 8.42 Å². The summed E-state index contributed by atoms with van der Waals surface area (Å²) >= 11 is 1.26. The Balaban J connectivity index is 1.62. The second kappa shape index (κ2) is 11.0. The first kappa shape index (κ1) is 27.4. The van der Waals surface area contributed by atoms with Crippen LogP contribution in [0.25, 0.3) is 0 Å². The number of aromatic nitrogens is 1. The molecule has 0 bridgehead atoms. The number of halogens is 3. The predicted molar refractivity (Wildman–Crippen MR) is 137 cm³/mol. The van der Waals surface area contributed by atoms with Gasteiger partial charge in [-0.25, -0.2) is 4.98 Å². The van der Waals surface area contributed by atoms with Crippen molar-refractivity contribution in [2.75, 3.05) is 17.9 Å². The highest BCUT2D eigenvalue weighted by atomic mass is 32.2. The molecule has 1 fully saturated rings. The van der Waals surface area contributed by atoms with Crippen LogP contribution in [-0.4, -0.2) is 39.4 Å². The van der Waals surface area contributed by atoms with Gasteiger partial charge in [0.2, 0.25) is 0 Å². The Kier molecular flexibility index (Phi) is 8.12. The molecule has 1 aliphatic heterocycles. The second-order valence-corrected chi connectivity index (χ2v) is 12.2. The summed E-state index contributed by atoms with van der Waals surface area (Å²) in [6.07, 6.45) is -3.14. The maximum atomic E-state index is 13.2. The summed E-state index contributed by atoms with van der Waals surface area (Å²) in [7, 11) is -2.65. The van der Waals surface area contributed by atoms with Crippen molar-refractivity contribution in [3.05, 3.63) is 69.5 Å². The summed E-state index contributed by atoms with van der Waals surface area (Å²) in [6, 6.07) is 13.7. The van der Waals surface area contributed by atoms with Crippen molar-refractivity contribution in [2.24, 2.45) is 0 Å². The van der Waals surface area contributed by atoms with Crippen LogP contribution in [0.5, 0.6) is 5.75 Å². The molecule has 4 rings (SSSR count). The molecule has 0 radical (unpaired) electrons. The normalized spacial score (nSPS) is 18.5. The minimum absolute atomic E-state index is 0.0101. The highest BCUT2D eigenvalue weighted by molar-refractivity contribution is 7.92. The minimum Gasteiger partial charge on any atom is -0.405 e. The molecule has 2 heterocycles. The molecule has 1 aromatic heterocycles. The van der Waals surface area contributed by atoms with Crippen LogP contribution < -0.4 is 19.7 Å². The van der Waals surface area contributed by atoms with E-state index in [1.807, 2.05) is 30.3 Å². The molecule has 37 heavy (non-hydrogen) atoms. The molecule has 0 aliphatic carbocycles. The number of nitrogens with one attached hydrogen (secondary N) is 2. The summed E-state index contributed by atoms with van der Waals surface area (Å²) in [6.45, 7) is 4.28. The number of nitrogens with zero attached hydrogens (tertiary/aromatic N) is 2. The Morgan fingerprint density at radius 1 is 1.19 bits per heavy atom. The molecule has 0 unspecified atom stereocenters. The number of benzene rings is 2. The number of alkyl halides is 3. The van der Waals surface area contributed by atoms with E-state index in [0.717, 1.165) is 35.3 Å². The quantitative estimate of drug-likeness (QED) is 0.405. The van der Waals surface area contributed by atoms with Gasteiger partial charge >= 0.3 is 6.36 Å². The molecule has 2 aromatic carbocycles. The van der Waals surface area contributed by atoms with Crippen LogP contribution in [0.2, 0.25) is 0 Å². The summed E-state index contributed by atoms with van der Waals surface area (Å²) in [4.78, 5) is 4.69. The number of anilines is 1. The molecule has 2 N–H and O–H groups in total. The first-order valence-corrected chi connectivity index (χ1v) is 14.0. The topological polar surface area (TPSA) is 83.6 Å². The fourth-order valence-corrected chi connectivity index (χ4v) is 6.98. The zero-order valence-electron chi connectivity index (χ0n) is 20.7. The Bertz CT molecular complexity index is 1330. The molecule has 1 aliphatic rings. The summed E-state index contributed by atoms with van der Waals surface area (Å²) in [5.74, 6) is -0.379. The molecule has 0 saturated carbocycles. The van der Waals surface area contributed by atoms with E-state index < -0.39 is 16.4 Å². The van der Waals surface area contributed by atoms with Crippen molar-refractivity contribution in [2.45, 2.75) is 56.7 Å². The van der Waals surface area contributed by atoms with Gasteiger partial charge in [0.05, 0.1) is 10.7 Å². The van der Waals surface area contributed by atoms with E-state index in [2.05, 4.69) is 20.4 Å². The fraction of sp³-hybridized carbons (Fsp3) is 0.400. The number of ether oxygens (including phenoxy) is 1. The molecule has 2 atom stereocenters. The van der Waals surface area contributed by atoms with Crippen molar-refractivity contribution in [1.82, 2.24) is 15.6 Å². The number of hydrogen-bond donors (Lipinski definition) is 2. The summed E-state index contributed by atoms with van der Waals surface area (Å²) in [5.41, 5.74) is 1.48. The number of sulfonamides is 1. The molecule has 0 spiro atoms. The van der Waals surface area contributed by atoms with E-state index in [1.165, 1.54) is 30.5 Å². The van der Waals surface area contributed by atoms with Crippen LogP contribution in [0.3, 0.4) is 0 Å². The molecular formula is C25H29F3N4O3S2. The first-order valence-electron chi connectivity index (χ1n) is 11.8. The van der Waals surface area contributed by atoms with Crippen LogP contribution in [-0.2, 0) is 16.6 Å². The van der Waals surface area contributed by atoms with E-state index in [9.17, 15) is 21.6 Å². The van der Waals surface area contributed by atoms with Crippen LogP contribution in [0, 0.1) is 13.8 Å². The average molecular weight is 555 g/mol. The van der Waals surface area contributed by atoms with E-state index in [4.69, 9.17) is 0 Å². The van der Waals surface area contributed by atoms with Crippen molar-refractivity contribution < 1.29 is 26.3 Å². The zero-order valence-corrected chi connectivity index (χ0v) is 22.3. The Labute approximate surface area is 218 Å².